The number of aryl methyl sites for hydroxylation is 2. The van der Waals surface area contributed by atoms with Crippen LogP contribution < -0.4 is 5.73 Å². The second-order valence-electron chi connectivity index (χ2n) is 5.69. The fraction of sp³-hybridized carbons (Fsp3) is 0.333. The van der Waals surface area contributed by atoms with E-state index in [-0.39, 0.29) is 5.92 Å². The zero-order valence-electron chi connectivity index (χ0n) is 11.9. The highest BCUT2D eigenvalue weighted by Crippen LogP contribution is 2.35. The van der Waals surface area contributed by atoms with Crippen LogP contribution in [0.2, 0.25) is 0 Å². The van der Waals surface area contributed by atoms with Crippen molar-refractivity contribution in [3.63, 3.8) is 0 Å². The van der Waals surface area contributed by atoms with Gasteiger partial charge in [-0.1, -0.05) is 52.3 Å². The Morgan fingerprint density at radius 3 is 2.62 bits per heavy atom. The molecule has 0 saturated heterocycles. The molecule has 0 amide bonds. The third kappa shape index (κ3) is 2.91. The van der Waals surface area contributed by atoms with Crippen molar-refractivity contribution >= 4 is 15.9 Å². The number of rotatable bonds is 4. The minimum Gasteiger partial charge on any atom is -0.388 e. The van der Waals surface area contributed by atoms with Crippen molar-refractivity contribution in [2.24, 2.45) is 5.73 Å². The van der Waals surface area contributed by atoms with Crippen LogP contribution in [0.5, 0.6) is 0 Å². The Bertz CT molecular complexity index is 641. The number of hydrogen-bond acceptors (Lipinski definition) is 2. The van der Waals surface area contributed by atoms with Crippen LogP contribution in [0.15, 0.2) is 46.9 Å². The van der Waals surface area contributed by atoms with E-state index in [1.165, 1.54) is 17.5 Å². The highest BCUT2D eigenvalue weighted by atomic mass is 79.9. The summed E-state index contributed by atoms with van der Waals surface area (Å²) in [6.07, 6.45) is 2.94. The molecular weight excluding hydrogens is 326 g/mol. The van der Waals surface area contributed by atoms with Gasteiger partial charge in [0.15, 0.2) is 0 Å². The van der Waals surface area contributed by atoms with Crippen molar-refractivity contribution in [2.45, 2.75) is 31.3 Å². The van der Waals surface area contributed by atoms with Gasteiger partial charge >= 0.3 is 0 Å². The van der Waals surface area contributed by atoms with Crippen LogP contribution in [0.1, 0.15) is 40.7 Å². The molecule has 0 heterocycles. The van der Waals surface area contributed by atoms with E-state index in [1.54, 1.807) is 0 Å². The number of fused-ring (bicyclic) bond motifs is 1. The van der Waals surface area contributed by atoms with Gasteiger partial charge in [0.05, 0.1) is 6.10 Å². The quantitative estimate of drug-likeness (QED) is 0.887. The van der Waals surface area contributed by atoms with Crippen molar-refractivity contribution in [3.05, 3.63) is 69.2 Å². The van der Waals surface area contributed by atoms with E-state index >= 15 is 0 Å². The predicted molar refractivity (Wildman–Crippen MR) is 89.4 cm³/mol. The number of benzene rings is 2. The lowest BCUT2D eigenvalue weighted by Crippen LogP contribution is -2.20. The fourth-order valence-corrected chi connectivity index (χ4v) is 3.79. The van der Waals surface area contributed by atoms with E-state index in [9.17, 15) is 5.11 Å². The van der Waals surface area contributed by atoms with Gasteiger partial charge in [-0.2, -0.15) is 0 Å². The summed E-state index contributed by atoms with van der Waals surface area (Å²) in [5, 5.41) is 10.8. The molecule has 0 fully saturated rings. The molecule has 2 unspecified atom stereocenters. The highest BCUT2D eigenvalue weighted by Gasteiger charge is 2.24. The number of aliphatic hydroxyl groups is 1. The van der Waals surface area contributed by atoms with E-state index in [0.29, 0.717) is 6.54 Å². The van der Waals surface area contributed by atoms with Crippen LogP contribution in [0.3, 0.4) is 0 Å². The fourth-order valence-electron chi connectivity index (χ4n) is 3.21. The lowest BCUT2D eigenvalue weighted by atomic mass is 9.88. The normalized spacial score (nSPS) is 16.5. The zero-order chi connectivity index (χ0) is 14.8. The maximum Gasteiger partial charge on any atom is 0.0871 e. The van der Waals surface area contributed by atoms with Gasteiger partial charge in [0.2, 0.25) is 0 Å². The highest BCUT2D eigenvalue weighted by molar-refractivity contribution is 9.10. The van der Waals surface area contributed by atoms with Gasteiger partial charge in [0.25, 0.3) is 0 Å². The molecule has 3 N–H and O–H groups in total. The Balaban J connectivity index is 1.92. The molecule has 3 heteroatoms. The molecule has 0 bridgehead atoms. The topological polar surface area (TPSA) is 46.2 Å². The molecule has 2 aromatic carbocycles. The molecule has 0 radical (unpaired) electrons. The van der Waals surface area contributed by atoms with Crippen molar-refractivity contribution in [1.82, 2.24) is 0 Å². The molecule has 1 aliphatic carbocycles. The SMILES string of the molecule is NCC(c1ccccc1Br)C(O)c1ccc2c(c1)CCC2. The third-order valence-electron chi connectivity index (χ3n) is 4.40. The third-order valence-corrected chi connectivity index (χ3v) is 5.13. The zero-order valence-corrected chi connectivity index (χ0v) is 13.5. The standard InChI is InChI=1S/C18H20BrNO/c19-17-7-2-1-6-15(17)16(11-20)18(21)14-9-8-12-4-3-5-13(12)10-14/h1-2,6-10,16,18,21H,3-5,11,20H2. The summed E-state index contributed by atoms with van der Waals surface area (Å²) < 4.78 is 1.00. The van der Waals surface area contributed by atoms with E-state index in [0.717, 1.165) is 28.4 Å². The Morgan fingerprint density at radius 1 is 1.10 bits per heavy atom. The minimum absolute atomic E-state index is 0.0972. The maximum absolute atomic E-state index is 10.8. The van der Waals surface area contributed by atoms with Crippen LogP contribution in [0.25, 0.3) is 0 Å². The second kappa shape index (κ2) is 6.30. The summed E-state index contributed by atoms with van der Waals surface area (Å²) in [5.41, 5.74) is 10.8. The number of nitrogens with two attached hydrogens (primary N) is 1. The van der Waals surface area contributed by atoms with Gasteiger partial charge in [-0.3, -0.25) is 0 Å². The van der Waals surface area contributed by atoms with Crippen LogP contribution in [0.4, 0.5) is 0 Å². The second-order valence-corrected chi connectivity index (χ2v) is 6.54. The summed E-state index contributed by atoms with van der Waals surface area (Å²) in [5.74, 6) is -0.0972. The molecule has 1 aliphatic rings. The van der Waals surface area contributed by atoms with Crippen LogP contribution in [-0.2, 0) is 12.8 Å². The molecule has 2 atom stereocenters. The number of aliphatic hydroxyl groups excluding tert-OH is 1. The van der Waals surface area contributed by atoms with Crippen molar-refractivity contribution in [1.29, 1.82) is 0 Å². The van der Waals surface area contributed by atoms with Crippen molar-refractivity contribution in [3.8, 4) is 0 Å². The van der Waals surface area contributed by atoms with E-state index < -0.39 is 6.10 Å². The van der Waals surface area contributed by atoms with Gasteiger partial charge in [-0.05, 0) is 47.6 Å². The van der Waals surface area contributed by atoms with Crippen LogP contribution >= 0.6 is 15.9 Å². The molecule has 2 aromatic rings. The van der Waals surface area contributed by atoms with E-state index in [4.69, 9.17) is 5.73 Å². The largest absolute Gasteiger partial charge is 0.388 e. The molecular formula is C18H20BrNO. The van der Waals surface area contributed by atoms with E-state index in [2.05, 4.69) is 28.1 Å². The Labute approximate surface area is 134 Å². The summed E-state index contributed by atoms with van der Waals surface area (Å²) in [4.78, 5) is 0. The van der Waals surface area contributed by atoms with Gasteiger partial charge in [0.1, 0.15) is 0 Å². The predicted octanol–water partition coefficient (Wildman–Crippen LogP) is 3.71. The average molecular weight is 346 g/mol. The Kier molecular flexibility index (Phi) is 4.43. The first-order chi connectivity index (χ1) is 10.2. The summed E-state index contributed by atoms with van der Waals surface area (Å²) in [6, 6.07) is 14.3. The molecule has 3 rings (SSSR count). The Hall–Kier alpha value is -1.16. The molecule has 0 aromatic heterocycles. The van der Waals surface area contributed by atoms with E-state index in [1.807, 2.05) is 30.3 Å². The lowest BCUT2D eigenvalue weighted by Gasteiger charge is -2.24. The first-order valence-electron chi connectivity index (χ1n) is 7.45. The molecule has 110 valence electrons. The van der Waals surface area contributed by atoms with Gasteiger partial charge in [-0.25, -0.2) is 0 Å². The van der Waals surface area contributed by atoms with Crippen LogP contribution in [0, 0.1) is 0 Å². The molecule has 0 aliphatic heterocycles. The maximum atomic E-state index is 10.8. The minimum atomic E-state index is -0.570. The molecule has 2 nitrogen and oxygen atoms in total. The van der Waals surface area contributed by atoms with Crippen molar-refractivity contribution < 1.29 is 5.11 Å². The smallest absolute Gasteiger partial charge is 0.0871 e. The lowest BCUT2D eigenvalue weighted by molar-refractivity contribution is 0.147. The van der Waals surface area contributed by atoms with Crippen molar-refractivity contribution in [2.75, 3.05) is 6.54 Å². The van der Waals surface area contributed by atoms with Crippen LogP contribution in [-0.4, -0.2) is 11.7 Å². The molecule has 0 spiro atoms. The number of halogens is 1. The summed E-state index contributed by atoms with van der Waals surface area (Å²) in [7, 11) is 0. The summed E-state index contributed by atoms with van der Waals surface area (Å²) in [6.45, 7) is 0.418. The number of hydrogen-bond donors (Lipinski definition) is 2. The van der Waals surface area contributed by atoms with Gasteiger partial charge in [0, 0.05) is 16.9 Å². The summed E-state index contributed by atoms with van der Waals surface area (Å²) >= 11 is 3.56. The van der Waals surface area contributed by atoms with Gasteiger partial charge in [-0.15, -0.1) is 0 Å². The monoisotopic (exact) mass is 345 g/mol. The first-order valence-corrected chi connectivity index (χ1v) is 8.24. The first kappa shape index (κ1) is 14.8. The molecule has 0 saturated carbocycles. The molecule has 21 heavy (non-hydrogen) atoms. The van der Waals surface area contributed by atoms with Gasteiger partial charge < -0.3 is 10.8 Å². The average Bonchev–Trinajstić information content (AvgIpc) is 2.97. The Morgan fingerprint density at radius 2 is 1.86 bits per heavy atom.